The summed E-state index contributed by atoms with van der Waals surface area (Å²) in [6.45, 7) is 0. The maximum absolute atomic E-state index is 8.86. The molecule has 0 saturated carbocycles. The number of hydrogen-bond donors (Lipinski definition) is 2. The van der Waals surface area contributed by atoms with Crippen LogP contribution in [0.4, 0.5) is 0 Å². The molecule has 0 heterocycles. The fourth-order valence-corrected chi connectivity index (χ4v) is 1.42. The monoisotopic (exact) mass is 255 g/mol. The predicted molar refractivity (Wildman–Crippen MR) is 64.4 cm³/mol. The molecule has 5 nitrogen and oxygen atoms in total. The Bertz CT molecular complexity index is 497. The van der Waals surface area contributed by atoms with E-state index in [-0.39, 0.29) is 11.7 Å². The number of nitrogens with two attached hydrogens (primary N) is 2. The van der Waals surface area contributed by atoms with Gasteiger partial charge in [0.15, 0.2) is 5.71 Å². The van der Waals surface area contributed by atoms with Gasteiger partial charge < -0.3 is 11.5 Å². The summed E-state index contributed by atoms with van der Waals surface area (Å²) in [7, 11) is 0. The zero-order valence-corrected chi connectivity index (χ0v) is 9.50. The van der Waals surface area contributed by atoms with Crippen molar-refractivity contribution in [3.8, 4) is 6.07 Å². The third kappa shape index (κ3) is 3.12. The van der Waals surface area contributed by atoms with E-state index in [1.807, 2.05) is 6.07 Å². The van der Waals surface area contributed by atoms with Crippen LogP contribution < -0.4 is 11.5 Å². The van der Waals surface area contributed by atoms with E-state index in [0.29, 0.717) is 15.6 Å². The molecular formula is C9H7Cl2N5. The minimum absolute atomic E-state index is 0.00932. The molecule has 0 aliphatic carbocycles. The highest BCUT2D eigenvalue weighted by molar-refractivity contribution is 6.37. The number of nitrogens with zero attached hydrogens (tertiary/aromatic N) is 3. The normalized spacial score (nSPS) is 10.7. The van der Waals surface area contributed by atoms with Gasteiger partial charge in [0, 0.05) is 10.6 Å². The minimum Gasteiger partial charge on any atom is -0.369 e. The van der Waals surface area contributed by atoms with Gasteiger partial charge in [0.25, 0.3) is 0 Å². The Morgan fingerprint density at radius 3 is 2.44 bits per heavy atom. The molecule has 1 rings (SSSR count). The van der Waals surface area contributed by atoms with Crippen molar-refractivity contribution in [3.05, 3.63) is 33.8 Å². The topological polar surface area (TPSA) is 101 Å². The number of hydrogen-bond acceptors (Lipinski definition) is 3. The molecule has 0 radical (unpaired) electrons. The Labute approximate surface area is 102 Å². The summed E-state index contributed by atoms with van der Waals surface area (Å²) in [5, 5.41) is 16.6. The Balaban J connectivity index is 3.21. The van der Waals surface area contributed by atoms with Crippen LogP contribution in [0.25, 0.3) is 0 Å². The molecule has 0 fully saturated rings. The Kier molecular flexibility index (Phi) is 4.11. The molecule has 0 saturated heterocycles. The van der Waals surface area contributed by atoms with Crippen LogP contribution in [0.3, 0.4) is 0 Å². The van der Waals surface area contributed by atoms with E-state index in [4.69, 9.17) is 39.9 Å². The highest BCUT2D eigenvalue weighted by atomic mass is 35.5. The third-order valence-corrected chi connectivity index (χ3v) is 2.11. The molecule has 0 aliphatic heterocycles. The zero-order chi connectivity index (χ0) is 12.1. The van der Waals surface area contributed by atoms with Gasteiger partial charge in [-0.3, -0.25) is 0 Å². The van der Waals surface area contributed by atoms with Gasteiger partial charge in [-0.2, -0.15) is 5.26 Å². The number of rotatable bonds is 2. The standard InChI is InChI=1S/C9H7Cl2N5/c10-5-1-2-6(7(11)3-5)8(4-12)15-16-9(13)14/h1-3H,(H4,13,14,16)/b15-8+. The maximum Gasteiger partial charge on any atom is 0.211 e. The van der Waals surface area contributed by atoms with Crippen LogP contribution in [0.5, 0.6) is 0 Å². The highest BCUT2D eigenvalue weighted by Crippen LogP contribution is 2.21. The summed E-state index contributed by atoms with van der Waals surface area (Å²) < 4.78 is 0. The molecule has 0 atom stereocenters. The summed E-state index contributed by atoms with van der Waals surface area (Å²) in [6.07, 6.45) is 0. The lowest BCUT2D eigenvalue weighted by Crippen LogP contribution is -2.22. The van der Waals surface area contributed by atoms with Crippen molar-refractivity contribution in [2.75, 3.05) is 0 Å². The molecular weight excluding hydrogens is 249 g/mol. The molecule has 1 aromatic carbocycles. The number of halogens is 2. The summed E-state index contributed by atoms with van der Waals surface area (Å²) in [5.74, 6) is -0.238. The van der Waals surface area contributed by atoms with E-state index in [9.17, 15) is 0 Å². The molecule has 1 aromatic rings. The third-order valence-electron chi connectivity index (χ3n) is 1.56. The van der Waals surface area contributed by atoms with Gasteiger partial charge in [-0.15, -0.1) is 10.2 Å². The molecule has 0 aliphatic rings. The second-order valence-electron chi connectivity index (χ2n) is 2.71. The first-order chi connectivity index (χ1) is 7.54. The SMILES string of the molecule is N#C/C(=N\N=C(N)N)c1ccc(Cl)cc1Cl. The van der Waals surface area contributed by atoms with Gasteiger partial charge in [-0.25, -0.2) is 0 Å². The first-order valence-corrected chi connectivity index (χ1v) is 4.82. The molecule has 4 N–H and O–H groups in total. The fraction of sp³-hybridized carbons (Fsp3) is 0. The van der Waals surface area contributed by atoms with E-state index in [2.05, 4.69) is 10.2 Å². The lowest BCUT2D eigenvalue weighted by molar-refractivity contribution is 1.20. The van der Waals surface area contributed by atoms with E-state index in [0.717, 1.165) is 0 Å². The van der Waals surface area contributed by atoms with Crippen molar-refractivity contribution in [3.63, 3.8) is 0 Å². The van der Waals surface area contributed by atoms with Crippen LogP contribution in [-0.2, 0) is 0 Å². The highest BCUT2D eigenvalue weighted by Gasteiger charge is 2.08. The Hall–Kier alpha value is -1.77. The van der Waals surface area contributed by atoms with E-state index < -0.39 is 0 Å². The number of benzene rings is 1. The van der Waals surface area contributed by atoms with Gasteiger partial charge in [0.05, 0.1) is 5.02 Å². The Morgan fingerprint density at radius 1 is 1.25 bits per heavy atom. The Morgan fingerprint density at radius 2 is 1.94 bits per heavy atom. The lowest BCUT2D eigenvalue weighted by atomic mass is 10.1. The van der Waals surface area contributed by atoms with Crippen LogP contribution in [-0.4, -0.2) is 11.7 Å². The summed E-state index contributed by atoms with van der Waals surface area (Å²) >= 11 is 11.6. The largest absolute Gasteiger partial charge is 0.369 e. The van der Waals surface area contributed by atoms with E-state index in [1.165, 1.54) is 6.07 Å². The van der Waals surface area contributed by atoms with E-state index in [1.54, 1.807) is 12.1 Å². The van der Waals surface area contributed by atoms with Crippen molar-refractivity contribution in [2.24, 2.45) is 21.7 Å². The first kappa shape index (κ1) is 12.3. The molecule has 82 valence electrons. The fourth-order valence-electron chi connectivity index (χ4n) is 0.926. The molecule has 0 spiro atoms. The average molecular weight is 256 g/mol. The van der Waals surface area contributed by atoms with Crippen LogP contribution >= 0.6 is 23.2 Å². The first-order valence-electron chi connectivity index (χ1n) is 4.06. The smallest absolute Gasteiger partial charge is 0.211 e. The van der Waals surface area contributed by atoms with Crippen LogP contribution in [0.2, 0.25) is 10.0 Å². The van der Waals surface area contributed by atoms with Gasteiger partial charge >= 0.3 is 0 Å². The molecule has 0 aromatic heterocycles. The van der Waals surface area contributed by atoms with Gasteiger partial charge in [-0.1, -0.05) is 23.2 Å². The van der Waals surface area contributed by atoms with Crippen molar-refractivity contribution in [1.29, 1.82) is 5.26 Å². The van der Waals surface area contributed by atoms with Crippen molar-refractivity contribution in [1.82, 2.24) is 0 Å². The number of nitriles is 1. The minimum atomic E-state index is -0.238. The summed E-state index contributed by atoms with van der Waals surface area (Å²) in [5.41, 5.74) is 10.6. The lowest BCUT2D eigenvalue weighted by Gasteiger charge is -2.00. The summed E-state index contributed by atoms with van der Waals surface area (Å²) in [4.78, 5) is 0. The van der Waals surface area contributed by atoms with Gasteiger partial charge in [0.1, 0.15) is 6.07 Å². The molecule has 0 bridgehead atoms. The number of guanidine groups is 1. The second-order valence-corrected chi connectivity index (χ2v) is 3.55. The van der Waals surface area contributed by atoms with Gasteiger partial charge in [-0.05, 0) is 18.2 Å². The van der Waals surface area contributed by atoms with Crippen LogP contribution in [0.15, 0.2) is 28.4 Å². The molecule has 0 unspecified atom stereocenters. The van der Waals surface area contributed by atoms with Crippen molar-refractivity contribution >= 4 is 34.9 Å². The predicted octanol–water partition coefficient (Wildman–Crippen LogP) is 1.49. The maximum atomic E-state index is 8.86. The van der Waals surface area contributed by atoms with Crippen molar-refractivity contribution < 1.29 is 0 Å². The van der Waals surface area contributed by atoms with Gasteiger partial charge in [0.2, 0.25) is 5.96 Å². The average Bonchev–Trinajstić information content (AvgIpc) is 2.21. The quantitative estimate of drug-likeness (QED) is 0.476. The molecule has 0 amide bonds. The van der Waals surface area contributed by atoms with Crippen LogP contribution in [0.1, 0.15) is 5.56 Å². The molecule has 16 heavy (non-hydrogen) atoms. The molecule has 7 heteroatoms. The zero-order valence-electron chi connectivity index (χ0n) is 7.98. The van der Waals surface area contributed by atoms with Crippen LogP contribution in [0, 0.1) is 11.3 Å². The van der Waals surface area contributed by atoms with Crippen molar-refractivity contribution in [2.45, 2.75) is 0 Å². The second kappa shape index (κ2) is 5.35. The van der Waals surface area contributed by atoms with E-state index >= 15 is 0 Å². The summed E-state index contributed by atoms with van der Waals surface area (Å²) in [6, 6.07) is 6.49.